The molecule has 1 saturated carbocycles. The Morgan fingerprint density at radius 2 is 2.08 bits per heavy atom. The van der Waals surface area contributed by atoms with Gasteiger partial charge >= 0.3 is 0 Å². The molecule has 5 nitrogen and oxygen atoms in total. The average Bonchev–Trinajstić information content (AvgIpc) is 3.17. The van der Waals surface area contributed by atoms with Crippen LogP contribution in [0, 0.1) is 0 Å². The number of benzene rings is 1. The van der Waals surface area contributed by atoms with Crippen LogP contribution in [-0.4, -0.2) is 42.0 Å². The Bertz CT molecular complexity index is 697. The third-order valence-corrected chi connectivity index (χ3v) is 4.73. The van der Waals surface area contributed by atoms with Crippen molar-refractivity contribution in [2.45, 2.75) is 37.8 Å². The molecule has 1 aromatic heterocycles. The van der Waals surface area contributed by atoms with Crippen molar-refractivity contribution in [3.8, 4) is 11.5 Å². The van der Waals surface area contributed by atoms with Crippen LogP contribution in [0.2, 0.25) is 5.02 Å². The van der Waals surface area contributed by atoms with Crippen LogP contribution in [-0.2, 0) is 11.2 Å². The van der Waals surface area contributed by atoms with Gasteiger partial charge in [0.15, 0.2) is 0 Å². The smallest absolute Gasteiger partial charge is 0.226 e. The van der Waals surface area contributed by atoms with Crippen LogP contribution in [0.5, 0.6) is 0 Å². The molecule has 0 bridgehead atoms. The van der Waals surface area contributed by atoms with Crippen molar-refractivity contribution >= 4 is 17.5 Å². The summed E-state index contributed by atoms with van der Waals surface area (Å²) in [6, 6.07) is 7.89. The van der Waals surface area contributed by atoms with Gasteiger partial charge in [-0.15, -0.1) is 0 Å². The fourth-order valence-corrected chi connectivity index (χ4v) is 3.39. The number of carbonyl (C=O) groups excluding carboxylic acids is 1. The summed E-state index contributed by atoms with van der Waals surface area (Å²) in [4.78, 5) is 18.9. The van der Waals surface area contributed by atoms with Gasteiger partial charge in [0.1, 0.15) is 6.26 Å². The van der Waals surface area contributed by atoms with Crippen LogP contribution in [0.4, 0.5) is 0 Å². The lowest BCUT2D eigenvalue weighted by Gasteiger charge is -2.26. The molecule has 1 N–H and O–H groups in total. The molecule has 1 aliphatic carbocycles. The van der Waals surface area contributed by atoms with Crippen molar-refractivity contribution in [3.63, 3.8) is 0 Å². The average molecular weight is 348 g/mol. The normalized spacial score (nSPS) is 20.5. The Kier molecular flexibility index (Phi) is 5.21. The predicted octanol–water partition coefficient (Wildman–Crippen LogP) is 3.14. The van der Waals surface area contributed by atoms with E-state index in [0.717, 1.165) is 24.8 Å². The maximum atomic E-state index is 12.3. The van der Waals surface area contributed by atoms with E-state index in [1.165, 1.54) is 0 Å². The molecule has 0 aliphatic heterocycles. The van der Waals surface area contributed by atoms with Gasteiger partial charge in [-0.05, 0) is 57.6 Å². The second-order valence-electron chi connectivity index (χ2n) is 6.46. The van der Waals surface area contributed by atoms with Crippen LogP contribution >= 0.6 is 11.6 Å². The highest BCUT2D eigenvalue weighted by Crippen LogP contribution is 2.23. The van der Waals surface area contributed by atoms with E-state index < -0.39 is 0 Å². The number of hydrogen-bond donors (Lipinski definition) is 1. The van der Waals surface area contributed by atoms with E-state index in [0.29, 0.717) is 22.6 Å². The Morgan fingerprint density at radius 3 is 2.79 bits per heavy atom. The largest absolute Gasteiger partial charge is 0.444 e. The lowest BCUT2D eigenvalue weighted by molar-refractivity contribution is -0.121. The predicted molar refractivity (Wildman–Crippen MR) is 93.9 cm³/mol. The van der Waals surface area contributed by atoms with E-state index >= 15 is 0 Å². The number of oxazole rings is 1. The van der Waals surface area contributed by atoms with Crippen molar-refractivity contribution in [1.29, 1.82) is 0 Å². The van der Waals surface area contributed by atoms with Gasteiger partial charge in [0.25, 0.3) is 0 Å². The monoisotopic (exact) mass is 347 g/mol. The third-order valence-electron chi connectivity index (χ3n) is 4.47. The number of likely N-dealkylation sites (N-methyl/N-ethyl adjacent to an activating group) is 1. The first-order valence-corrected chi connectivity index (χ1v) is 8.57. The first-order chi connectivity index (χ1) is 11.5. The quantitative estimate of drug-likeness (QED) is 0.902. The molecule has 6 heteroatoms. The van der Waals surface area contributed by atoms with E-state index in [4.69, 9.17) is 16.0 Å². The molecular formula is C18H22ClN3O2. The van der Waals surface area contributed by atoms with E-state index in [1.54, 1.807) is 18.4 Å². The Hall–Kier alpha value is -1.85. The topological polar surface area (TPSA) is 58.4 Å². The van der Waals surface area contributed by atoms with E-state index in [2.05, 4.69) is 29.3 Å². The van der Waals surface area contributed by atoms with Crippen LogP contribution in [0.25, 0.3) is 11.5 Å². The number of nitrogens with one attached hydrogen (secondary N) is 1. The van der Waals surface area contributed by atoms with E-state index in [-0.39, 0.29) is 18.4 Å². The number of amides is 1. The van der Waals surface area contributed by atoms with Gasteiger partial charge in [-0.3, -0.25) is 4.79 Å². The Balaban J connectivity index is 1.60. The van der Waals surface area contributed by atoms with Crippen LogP contribution in [0.3, 0.4) is 0 Å². The number of nitrogens with zero attached hydrogens (tertiary/aromatic N) is 2. The van der Waals surface area contributed by atoms with Crippen LogP contribution < -0.4 is 5.32 Å². The molecule has 24 heavy (non-hydrogen) atoms. The highest BCUT2D eigenvalue weighted by Gasteiger charge is 2.30. The fraction of sp³-hybridized carbons (Fsp3) is 0.444. The second kappa shape index (κ2) is 7.36. The van der Waals surface area contributed by atoms with Gasteiger partial charge in [0, 0.05) is 22.7 Å². The van der Waals surface area contributed by atoms with E-state index in [9.17, 15) is 4.79 Å². The number of aromatic nitrogens is 1. The first kappa shape index (κ1) is 17.0. The maximum Gasteiger partial charge on any atom is 0.226 e. The summed E-state index contributed by atoms with van der Waals surface area (Å²) >= 11 is 5.88. The first-order valence-electron chi connectivity index (χ1n) is 8.19. The highest BCUT2D eigenvalue weighted by molar-refractivity contribution is 6.30. The number of hydrogen-bond acceptors (Lipinski definition) is 4. The molecular weight excluding hydrogens is 326 g/mol. The summed E-state index contributed by atoms with van der Waals surface area (Å²) in [5, 5.41) is 3.80. The zero-order chi connectivity index (χ0) is 17.1. The molecule has 1 fully saturated rings. The van der Waals surface area contributed by atoms with Gasteiger partial charge in [-0.2, -0.15) is 0 Å². The standard InChI is InChI=1S/C18H22ClN3O2/c1-22(2)16-5-3-4-15(16)21-17(23)10-14-11-24-18(20-14)12-6-8-13(19)9-7-12/h6-9,11,15-16H,3-5,10H2,1-2H3,(H,21,23)/t15-,16-/m1/s1. The molecule has 1 amide bonds. The van der Waals surface area contributed by atoms with E-state index in [1.807, 2.05) is 12.1 Å². The molecule has 2 aromatic rings. The third kappa shape index (κ3) is 3.97. The summed E-state index contributed by atoms with van der Waals surface area (Å²) in [7, 11) is 4.12. The fourth-order valence-electron chi connectivity index (χ4n) is 3.26. The Labute approximate surface area is 147 Å². The lowest BCUT2D eigenvalue weighted by Crippen LogP contribution is -2.46. The molecule has 0 unspecified atom stereocenters. The number of halogens is 1. The van der Waals surface area contributed by atoms with Gasteiger partial charge in [0.05, 0.1) is 12.1 Å². The van der Waals surface area contributed by atoms with Gasteiger partial charge < -0.3 is 14.6 Å². The van der Waals surface area contributed by atoms with Crippen molar-refractivity contribution in [3.05, 3.63) is 41.2 Å². The zero-order valence-electron chi connectivity index (χ0n) is 14.0. The lowest BCUT2D eigenvalue weighted by atomic mass is 10.1. The Morgan fingerprint density at radius 1 is 1.33 bits per heavy atom. The SMILES string of the molecule is CN(C)[C@@H]1CCC[C@H]1NC(=O)Cc1coc(-c2ccc(Cl)cc2)n1. The molecule has 0 saturated heterocycles. The van der Waals surface area contributed by atoms with Crippen molar-refractivity contribution < 1.29 is 9.21 Å². The maximum absolute atomic E-state index is 12.3. The summed E-state index contributed by atoms with van der Waals surface area (Å²) in [5.41, 5.74) is 1.48. The van der Waals surface area contributed by atoms with Crippen molar-refractivity contribution in [2.75, 3.05) is 14.1 Å². The molecule has 0 radical (unpaired) electrons. The molecule has 1 heterocycles. The van der Waals surface area contributed by atoms with Crippen LogP contribution in [0.1, 0.15) is 25.0 Å². The molecule has 1 aliphatic rings. The highest BCUT2D eigenvalue weighted by atomic mass is 35.5. The minimum Gasteiger partial charge on any atom is -0.444 e. The minimum absolute atomic E-state index is 0.00953. The van der Waals surface area contributed by atoms with Gasteiger partial charge in [0.2, 0.25) is 11.8 Å². The second-order valence-corrected chi connectivity index (χ2v) is 6.90. The minimum atomic E-state index is -0.00953. The van der Waals surface area contributed by atoms with Crippen molar-refractivity contribution in [1.82, 2.24) is 15.2 Å². The summed E-state index contributed by atoms with van der Waals surface area (Å²) in [5.74, 6) is 0.492. The molecule has 0 spiro atoms. The molecule has 1 aromatic carbocycles. The van der Waals surface area contributed by atoms with Gasteiger partial charge in [-0.25, -0.2) is 4.98 Å². The number of rotatable bonds is 5. The summed E-state index contributed by atoms with van der Waals surface area (Å²) in [6.45, 7) is 0. The van der Waals surface area contributed by atoms with Crippen molar-refractivity contribution in [2.24, 2.45) is 0 Å². The zero-order valence-corrected chi connectivity index (χ0v) is 14.7. The number of carbonyl (C=O) groups is 1. The molecule has 3 rings (SSSR count). The summed E-state index contributed by atoms with van der Waals surface area (Å²) in [6.07, 6.45) is 5.08. The molecule has 2 atom stereocenters. The van der Waals surface area contributed by atoms with Crippen LogP contribution in [0.15, 0.2) is 34.9 Å². The van der Waals surface area contributed by atoms with Gasteiger partial charge in [-0.1, -0.05) is 11.6 Å². The summed E-state index contributed by atoms with van der Waals surface area (Å²) < 4.78 is 5.48. The molecule has 128 valence electrons.